The molecule has 0 radical (unpaired) electrons. The number of nitrogens with one attached hydrogen (secondary N) is 1. The van der Waals surface area contributed by atoms with Crippen molar-refractivity contribution in [2.45, 2.75) is 25.9 Å². The van der Waals surface area contributed by atoms with Gasteiger partial charge in [0.15, 0.2) is 0 Å². The van der Waals surface area contributed by atoms with Crippen LogP contribution in [0.5, 0.6) is 0 Å². The predicted molar refractivity (Wildman–Crippen MR) is 77.8 cm³/mol. The molecule has 0 aliphatic heterocycles. The first kappa shape index (κ1) is 15.8. The lowest BCUT2D eigenvalue weighted by Gasteiger charge is -2.17. The summed E-state index contributed by atoms with van der Waals surface area (Å²) in [5.74, 6) is -2.29. The van der Waals surface area contributed by atoms with E-state index in [1.807, 2.05) is 0 Å². The van der Waals surface area contributed by atoms with Crippen molar-refractivity contribution in [3.05, 3.63) is 29.3 Å². The molecule has 1 N–H and O–H groups in total. The minimum atomic E-state index is -1.15. The highest BCUT2D eigenvalue weighted by Crippen LogP contribution is 2.35. The van der Waals surface area contributed by atoms with E-state index in [2.05, 4.69) is 5.32 Å². The summed E-state index contributed by atoms with van der Waals surface area (Å²) in [6, 6.07) is 6.60. The molecular weight excluding hydrogens is 297 g/mol. The zero-order valence-electron chi connectivity index (χ0n) is 11.6. The van der Waals surface area contributed by atoms with Gasteiger partial charge in [-0.3, -0.25) is 9.59 Å². The van der Waals surface area contributed by atoms with Crippen LogP contribution < -0.4 is 5.32 Å². The van der Waals surface area contributed by atoms with Crippen molar-refractivity contribution >= 4 is 29.2 Å². The maximum Gasteiger partial charge on any atom is 0.309 e. The summed E-state index contributed by atoms with van der Waals surface area (Å²) in [5.41, 5.74) is 0.564. The van der Waals surface area contributed by atoms with Gasteiger partial charge in [-0.05, 0) is 44.0 Å². The molecule has 1 fully saturated rings. The van der Waals surface area contributed by atoms with Crippen LogP contribution in [0.25, 0.3) is 0 Å². The number of halogens is 2. The van der Waals surface area contributed by atoms with Gasteiger partial charge in [-0.15, -0.1) is 0 Å². The van der Waals surface area contributed by atoms with Gasteiger partial charge in [-0.25, -0.2) is 4.39 Å². The second kappa shape index (κ2) is 6.89. The van der Waals surface area contributed by atoms with Crippen molar-refractivity contribution in [2.24, 2.45) is 11.8 Å². The van der Waals surface area contributed by atoms with Crippen molar-refractivity contribution in [3.63, 3.8) is 0 Å². The molecule has 1 saturated carbocycles. The Morgan fingerprint density at radius 2 is 1.90 bits per heavy atom. The summed E-state index contributed by atoms with van der Waals surface area (Å²) in [4.78, 5) is 24.1. The Labute approximate surface area is 127 Å². The topological polar surface area (TPSA) is 55.4 Å². The molecule has 6 heteroatoms. The average Bonchev–Trinajstić information content (AvgIpc) is 2.84. The van der Waals surface area contributed by atoms with Crippen LogP contribution in [0.2, 0.25) is 5.02 Å². The molecule has 1 amide bonds. The molecule has 0 aromatic heterocycles. The molecular formula is C15H17ClFNO3. The van der Waals surface area contributed by atoms with Gasteiger partial charge in [0.1, 0.15) is 6.17 Å². The number of anilines is 1. The van der Waals surface area contributed by atoms with Gasteiger partial charge in [-0.1, -0.05) is 11.6 Å². The average molecular weight is 314 g/mol. The number of alkyl halides is 1. The summed E-state index contributed by atoms with van der Waals surface area (Å²) < 4.78 is 18.5. The molecule has 4 nitrogen and oxygen atoms in total. The second-order valence-electron chi connectivity index (χ2n) is 5.03. The Bertz CT molecular complexity index is 520. The molecule has 0 heterocycles. The standard InChI is InChI=1S/C15H17ClFNO3/c1-2-21-15(20)13-8-10(17)7-12(13)14(19)18-11-5-3-9(16)4-6-11/h3-6,10,12-13H,2,7-8H2,1H3,(H,18,19)/t10-,12+,13+/m1/s1. The smallest absolute Gasteiger partial charge is 0.309 e. The van der Waals surface area contributed by atoms with Crippen molar-refractivity contribution in [2.75, 3.05) is 11.9 Å². The number of ether oxygens (including phenoxy) is 1. The lowest BCUT2D eigenvalue weighted by molar-refractivity contribution is -0.151. The summed E-state index contributed by atoms with van der Waals surface area (Å²) in [6.45, 7) is 1.90. The largest absolute Gasteiger partial charge is 0.466 e. The zero-order valence-corrected chi connectivity index (χ0v) is 12.4. The summed E-state index contributed by atoms with van der Waals surface area (Å²) in [7, 11) is 0. The minimum absolute atomic E-state index is 0.0392. The van der Waals surface area contributed by atoms with Gasteiger partial charge in [0.2, 0.25) is 5.91 Å². The van der Waals surface area contributed by atoms with Gasteiger partial charge in [-0.2, -0.15) is 0 Å². The maximum atomic E-state index is 13.6. The first-order valence-corrected chi connectivity index (χ1v) is 7.26. The Hall–Kier alpha value is -1.62. The first-order valence-electron chi connectivity index (χ1n) is 6.88. The fourth-order valence-electron chi connectivity index (χ4n) is 2.54. The number of esters is 1. The molecule has 114 valence electrons. The highest BCUT2D eigenvalue weighted by molar-refractivity contribution is 6.30. The van der Waals surface area contributed by atoms with Crippen LogP contribution in [0.15, 0.2) is 24.3 Å². The van der Waals surface area contributed by atoms with E-state index in [4.69, 9.17) is 16.3 Å². The molecule has 3 atom stereocenters. The zero-order chi connectivity index (χ0) is 15.4. The van der Waals surface area contributed by atoms with E-state index in [9.17, 15) is 14.0 Å². The normalized spacial score (nSPS) is 24.6. The van der Waals surface area contributed by atoms with E-state index in [1.165, 1.54) is 0 Å². The van der Waals surface area contributed by atoms with Crippen LogP contribution in [0.3, 0.4) is 0 Å². The number of hydrogen-bond acceptors (Lipinski definition) is 3. The number of hydrogen-bond donors (Lipinski definition) is 1. The molecule has 21 heavy (non-hydrogen) atoms. The second-order valence-corrected chi connectivity index (χ2v) is 5.47. The third kappa shape index (κ3) is 3.94. The maximum absolute atomic E-state index is 13.6. The van der Waals surface area contributed by atoms with Crippen molar-refractivity contribution < 1.29 is 18.7 Å². The fraction of sp³-hybridized carbons (Fsp3) is 0.467. The highest BCUT2D eigenvalue weighted by atomic mass is 35.5. The first-order chi connectivity index (χ1) is 10.0. The molecule has 0 unspecified atom stereocenters. The highest BCUT2D eigenvalue weighted by Gasteiger charge is 2.43. The van der Waals surface area contributed by atoms with Crippen LogP contribution in [-0.4, -0.2) is 24.7 Å². The van der Waals surface area contributed by atoms with E-state index in [0.717, 1.165) is 0 Å². The molecule has 0 spiro atoms. The Morgan fingerprint density at radius 3 is 2.52 bits per heavy atom. The monoisotopic (exact) mass is 313 g/mol. The Morgan fingerprint density at radius 1 is 1.29 bits per heavy atom. The van der Waals surface area contributed by atoms with Crippen molar-refractivity contribution in [1.82, 2.24) is 0 Å². The number of rotatable bonds is 4. The fourth-order valence-corrected chi connectivity index (χ4v) is 2.67. The van der Waals surface area contributed by atoms with Gasteiger partial charge < -0.3 is 10.1 Å². The third-order valence-corrected chi connectivity index (χ3v) is 3.79. The van der Waals surface area contributed by atoms with Crippen LogP contribution in [-0.2, 0) is 14.3 Å². The van der Waals surface area contributed by atoms with Gasteiger partial charge >= 0.3 is 5.97 Å². The molecule has 1 aromatic carbocycles. The van der Waals surface area contributed by atoms with E-state index in [0.29, 0.717) is 10.7 Å². The molecule has 2 rings (SSSR count). The van der Waals surface area contributed by atoms with E-state index in [1.54, 1.807) is 31.2 Å². The minimum Gasteiger partial charge on any atom is -0.466 e. The number of carbonyl (C=O) groups is 2. The third-order valence-electron chi connectivity index (χ3n) is 3.54. The molecule has 1 aromatic rings. The van der Waals surface area contributed by atoms with Crippen molar-refractivity contribution in [3.8, 4) is 0 Å². The SMILES string of the molecule is CCOC(=O)[C@H]1C[C@H](F)C[C@@H]1C(=O)Nc1ccc(Cl)cc1. The molecule has 0 bridgehead atoms. The van der Waals surface area contributed by atoms with E-state index in [-0.39, 0.29) is 25.4 Å². The summed E-state index contributed by atoms with van der Waals surface area (Å²) in [6.07, 6.45) is -1.07. The van der Waals surface area contributed by atoms with Crippen LogP contribution in [0, 0.1) is 11.8 Å². The number of carbonyl (C=O) groups excluding carboxylic acids is 2. The lowest BCUT2D eigenvalue weighted by Crippen LogP contribution is -2.31. The quantitative estimate of drug-likeness (QED) is 0.868. The molecule has 1 aliphatic carbocycles. The number of amides is 1. The summed E-state index contributed by atoms with van der Waals surface area (Å²) >= 11 is 5.77. The van der Waals surface area contributed by atoms with Gasteiger partial charge in [0.25, 0.3) is 0 Å². The van der Waals surface area contributed by atoms with Gasteiger partial charge in [0.05, 0.1) is 18.4 Å². The van der Waals surface area contributed by atoms with Crippen molar-refractivity contribution in [1.29, 1.82) is 0 Å². The molecule has 1 aliphatic rings. The van der Waals surface area contributed by atoms with Crippen LogP contribution in [0.1, 0.15) is 19.8 Å². The molecule has 0 saturated heterocycles. The lowest BCUT2D eigenvalue weighted by atomic mass is 9.95. The predicted octanol–water partition coefficient (Wildman–Crippen LogP) is 3.21. The van der Waals surface area contributed by atoms with Crippen LogP contribution >= 0.6 is 11.6 Å². The van der Waals surface area contributed by atoms with Gasteiger partial charge in [0, 0.05) is 10.7 Å². The van der Waals surface area contributed by atoms with E-state index < -0.39 is 24.0 Å². The summed E-state index contributed by atoms with van der Waals surface area (Å²) in [5, 5.41) is 3.24. The Balaban J connectivity index is 2.05. The number of benzene rings is 1. The van der Waals surface area contributed by atoms with Crippen LogP contribution in [0.4, 0.5) is 10.1 Å². The Kier molecular flexibility index (Phi) is 5.17. The van der Waals surface area contributed by atoms with E-state index >= 15 is 0 Å².